The molecule has 0 aliphatic carbocycles. The summed E-state index contributed by atoms with van der Waals surface area (Å²) in [6, 6.07) is 9.03. The topological polar surface area (TPSA) is 56.9 Å². The zero-order chi connectivity index (χ0) is 20.5. The summed E-state index contributed by atoms with van der Waals surface area (Å²) in [5.41, 5.74) is -2.83. The van der Waals surface area contributed by atoms with Crippen LogP contribution in [0.15, 0.2) is 47.8 Å². The Balaban J connectivity index is 2.14. The number of hydrogen-bond donors (Lipinski definition) is 1. The van der Waals surface area contributed by atoms with Gasteiger partial charge < -0.3 is 5.11 Å². The minimum Gasteiger partial charge on any atom is -0.506 e. The first-order chi connectivity index (χ1) is 13.2. The molecule has 28 heavy (non-hydrogen) atoms. The second-order valence-corrected chi connectivity index (χ2v) is 6.37. The Labute approximate surface area is 159 Å². The molecule has 0 saturated heterocycles. The largest absolute Gasteiger partial charge is 0.506 e. The van der Waals surface area contributed by atoms with Crippen molar-refractivity contribution in [1.29, 1.82) is 5.26 Å². The van der Waals surface area contributed by atoms with Gasteiger partial charge in [-0.25, -0.2) is 13.8 Å². The molecular formula is C19H9F5N2OS. The summed E-state index contributed by atoms with van der Waals surface area (Å²) in [5, 5.41) is 20.8. The van der Waals surface area contributed by atoms with E-state index < -0.39 is 45.8 Å². The summed E-state index contributed by atoms with van der Waals surface area (Å²) >= 11 is 0.765. The summed E-state index contributed by atoms with van der Waals surface area (Å²) < 4.78 is 67.4. The van der Waals surface area contributed by atoms with Crippen LogP contribution in [-0.4, -0.2) is 10.1 Å². The molecule has 142 valence electrons. The van der Waals surface area contributed by atoms with E-state index in [2.05, 4.69) is 4.98 Å². The molecule has 9 heteroatoms. The SMILES string of the molecule is N#C/C(=C(\O)c1ccccc1C(F)(F)F)c1nc(-c2c(F)cccc2F)cs1. The Bertz CT molecular complexity index is 1090. The molecule has 0 spiro atoms. The number of rotatable bonds is 3. The Hall–Kier alpha value is -3.25. The van der Waals surface area contributed by atoms with Gasteiger partial charge in [-0.05, 0) is 18.2 Å². The van der Waals surface area contributed by atoms with Crippen molar-refractivity contribution >= 4 is 22.7 Å². The van der Waals surface area contributed by atoms with Gasteiger partial charge in [-0.15, -0.1) is 11.3 Å². The standard InChI is InChI=1S/C19H9F5N2OS/c20-13-6-3-7-14(21)16(13)15-9-28-18(26-15)11(8-25)17(27)10-4-1-2-5-12(10)19(22,23)24/h1-7,9,27H/b17-11+. The van der Waals surface area contributed by atoms with Crippen LogP contribution in [0, 0.1) is 23.0 Å². The number of alkyl halides is 3. The molecule has 0 aliphatic rings. The van der Waals surface area contributed by atoms with E-state index in [4.69, 9.17) is 0 Å². The highest BCUT2D eigenvalue weighted by Crippen LogP contribution is 2.37. The lowest BCUT2D eigenvalue weighted by atomic mass is 10.0. The number of benzene rings is 2. The Morgan fingerprint density at radius 1 is 1.04 bits per heavy atom. The fraction of sp³-hybridized carbons (Fsp3) is 0.0526. The van der Waals surface area contributed by atoms with Crippen molar-refractivity contribution in [3.63, 3.8) is 0 Å². The van der Waals surface area contributed by atoms with Gasteiger partial charge in [0, 0.05) is 10.9 Å². The molecule has 1 aromatic heterocycles. The van der Waals surface area contributed by atoms with Gasteiger partial charge in [0.2, 0.25) is 0 Å². The maximum absolute atomic E-state index is 13.9. The Morgan fingerprint density at radius 3 is 2.29 bits per heavy atom. The fourth-order valence-corrected chi connectivity index (χ4v) is 3.32. The first kappa shape index (κ1) is 19.5. The van der Waals surface area contributed by atoms with Gasteiger partial charge in [-0.1, -0.05) is 24.3 Å². The molecule has 0 fully saturated rings. The molecule has 0 saturated carbocycles. The van der Waals surface area contributed by atoms with Crippen molar-refractivity contribution in [2.24, 2.45) is 0 Å². The summed E-state index contributed by atoms with van der Waals surface area (Å²) in [6.45, 7) is 0. The molecule has 1 N–H and O–H groups in total. The van der Waals surface area contributed by atoms with Crippen LogP contribution in [-0.2, 0) is 6.18 Å². The molecule has 0 bridgehead atoms. The predicted molar refractivity (Wildman–Crippen MR) is 94.0 cm³/mol. The van der Waals surface area contributed by atoms with Crippen LogP contribution < -0.4 is 0 Å². The molecule has 0 aliphatic heterocycles. The number of aliphatic hydroxyl groups excluding tert-OH is 1. The normalized spacial score (nSPS) is 12.4. The fourth-order valence-electron chi connectivity index (χ4n) is 2.52. The lowest BCUT2D eigenvalue weighted by Gasteiger charge is -2.12. The highest BCUT2D eigenvalue weighted by molar-refractivity contribution is 7.11. The van der Waals surface area contributed by atoms with Crippen LogP contribution in [0.4, 0.5) is 22.0 Å². The first-order valence-corrected chi connectivity index (χ1v) is 8.52. The number of nitrogens with zero attached hydrogens (tertiary/aromatic N) is 2. The van der Waals surface area contributed by atoms with Gasteiger partial charge >= 0.3 is 6.18 Å². The summed E-state index contributed by atoms with van der Waals surface area (Å²) in [7, 11) is 0. The maximum atomic E-state index is 13.9. The Morgan fingerprint density at radius 2 is 1.68 bits per heavy atom. The molecule has 0 amide bonds. The minimum absolute atomic E-state index is 0.139. The lowest BCUT2D eigenvalue weighted by Crippen LogP contribution is -2.09. The van der Waals surface area contributed by atoms with Crippen LogP contribution >= 0.6 is 11.3 Å². The maximum Gasteiger partial charge on any atom is 0.417 e. The van der Waals surface area contributed by atoms with Gasteiger partial charge in [0.25, 0.3) is 0 Å². The number of allylic oxidation sites excluding steroid dienone is 1. The third kappa shape index (κ3) is 3.59. The van der Waals surface area contributed by atoms with Crippen LogP contribution in [0.2, 0.25) is 0 Å². The van der Waals surface area contributed by atoms with E-state index >= 15 is 0 Å². The molecule has 3 nitrogen and oxygen atoms in total. The summed E-state index contributed by atoms with van der Waals surface area (Å²) in [4.78, 5) is 3.93. The second kappa shape index (κ2) is 7.40. The molecular weight excluding hydrogens is 399 g/mol. The van der Waals surface area contributed by atoms with Gasteiger partial charge in [0.15, 0.2) is 0 Å². The molecule has 0 atom stereocenters. The molecule has 1 heterocycles. The number of aliphatic hydroxyl groups is 1. The van der Waals surface area contributed by atoms with Crippen molar-refractivity contribution in [3.8, 4) is 17.3 Å². The zero-order valence-corrected chi connectivity index (χ0v) is 14.6. The van der Waals surface area contributed by atoms with Crippen LogP contribution in [0.5, 0.6) is 0 Å². The van der Waals surface area contributed by atoms with E-state index in [1.165, 1.54) is 17.5 Å². The van der Waals surface area contributed by atoms with Crippen molar-refractivity contribution in [3.05, 3.63) is 75.6 Å². The highest BCUT2D eigenvalue weighted by atomic mass is 32.1. The molecule has 0 unspecified atom stereocenters. The van der Waals surface area contributed by atoms with Crippen LogP contribution in [0.3, 0.4) is 0 Å². The third-order valence-electron chi connectivity index (χ3n) is 3.77. The van der Waals surface area contributed by atoms with Crippen molar-refractivity contribution in [2.45, 2.75) is 6.18 Å². The van der Waals surface area contributed by atoms with Gasteiger partial charge in [0.05, 0.1) is 16.8 Å². The van der Waals surface area contributed by atoms with E-state index in [-0.39, 0.29) is 10.7 Å². The number of aromatic nitrogens is 1. The third-order valence-corrected chi connectivity index (χ3v) is 4.63. The van der Waals surface area contributed by atoms with E-state index in [1.54, 1.807) is 6.07 Å². The predicted octanol–water partition coefficient (Wildman–Crippen LogP) is 6.06. The van der Waals surface area contributed by atoms with Crippen molar-refractivity contribution in [2.75, 3.05) is 0 Å². The summed E-state index contributed by atoms with van der Waals surface area (Å²) in [6.07, 6.45) is -4.75. The van der Waals surface area contributed by atoms with E-state index in [9.17, 15) is 32.3 Å². The monoisotopic (exact) mass is 408 g/mol. The van der Waals surface area contributed by atoms with Crippen molar-refractivity contribution < 1.29 is 27.1 Å². The van der Waals surface area contributed by atoms with Crippen molar-refractivity contribution in [1.82, 2.24) is 4.98 Å². The van der Waals surface area contributed by atoms with Gasteiger partial charge in [-0.3, -0.25) is 0 Å². The average Bonchev–Trinajstić information content (AvgIpc) is 3.10. The second-order valence-electron chi connectivity index (χ2n) is 5.51. The van der Waals surface area contributed by atoms with E-state index in [0.717, 1.165) is 41.7 Å². The van der Waals surface area contributed by atoms with E-state index in [0.29, 0.717) is 0 Å². The quantitative estimate of drug-likeness (QED) is 0.326. The zero-order valence-electron chi connectivity index (χ0n) is 13.8. The minimum atomic E-state index is -4.75. The highest BCUT2D eigenvalue weighted by Gasteiger charge is 2.34. The smallest absolute Gasteiger partial charge is 0.417 e. The Kier molecular flexibility index (Phi) is 5.16. The molecule has 2 aromatic carbocycles. The number of hydrogen-bond acceptors (Lipinski definition) is 4. The van der Waals surface area contributed by atoms with E-state index in [1.807, 2.05) is 0 Å². The van der Waals surface area contributed by atoms with Gasteiger partial charge in [0.1, 0.15) is 34.0 Å². The number of thiazole rings is 1. The average molecular weight is 408 g/mol. The number of halogens is 5. The molecule has 0 radical (unpaired) electrons. The molecule has 3 rings (SSSR count). The van der Waals surface area contributed by atoms with Crippen LogP contribution in [0.25, 0.3) is 22.6 Å². The van der Waals surface area contributed by atoms with Crippen LogP contribution in [0.1, 0.15) is 16.1 Å². The number of nitriles is 1. The molecule has 3 aromatic rings. The lowest BCUT2D eigenvalue weighted by molar-refractivity contribution is -0.137. The first-order valence-electron chi connectivity index (χ1n) is 7.64. The van der Waals surface area contributed by atoms with Gasteiger partial charge in [-0.2, -0.15) is 18.4 Å². The summed E-state index contributed by atoms with van der Waals surface area (Å²) in [5.74, 6) is -2.69.